The smallest absolute Gasteiger partial charge is 0.240 e. The molecule has 1 aliphatic rings. The van der Waals surface area contributed by atoms with Gasteiger partial charge in [0, 0.05) is 0 Å². The Bertz CT molecular complexity index is 499. The van der Waals surface area contributed by atoms with E-state index >= 15 is 0 Å². The average Bonchev–Trinajstić information content (AvgIpc) is 2.86. The van der Waals surface area contributed by atoms with Gasteiger partial charge in [-0.1, -0.05) is 57.9 Å². The molecule has 124 valence electrons. The summed E-state index contributed by atoms with van der Waals surface area (Å²) in [5.74, 6) is -0.00704. The quantitative estimate of drug-likeness (QED) is 0.887. The van der Waals surface area contributed by atoms with Crippen molar-refractivity contribution in [2.75, 3.05) is 0 Å². The van der Waals surface area contributed by atoms with E-state index in [4.69, 9.17) is 5.73 Å². The highest BCUT2D eigenvalue weighted by Gasteiger charge is 2.37. The van der Waals surface area contributed by atoms with Crippen LogP contribution < -0.4 is 11.1 Å². The van der Waals surface area contributed by atoms with E-state index in [1.54, 1.807) is 0 Å². The first-order chi connectivity index (χ1) is 9.72. The van der Waals surface area contributed by atoms with Crippen LogP contribution in [0.2, 0.25) is 0 Å². The van der Waals surface area contributed by atoms with Crippen LogP contribution in [0.1, 0.15) is 70.5 Å². The largest absolute Gasteiger partial charge is 0.348 e. The number of nitrogens with two attached hydrogens (primary N) is 1. The number of amides is 1. The number of rotatable bonds is 3. The number of halogens is 1. The topological polar surface area (TPSA) is 55.1 Å². The van der Waals surface area contributed by atoms with Gasteiger partial charge in [-0.2, -0.15) is 0 Å². The fourth-order valence-corrected chi connectivity index (χ4v) is 2.93. The SMILES string of the molecule is CC(NC(=O)C1(N)CCCC1)c1ccc(C(C)(C)C)cc1.Cl. The Hall–Kier alpha value is -1.06. The Morgan fingerprint density at radius 1 is 1.18 bits per heavy atom. The molecule has 0 aromatic heterocycles. The molecule has 1 aromatic rings. The molecule has 1 saturated carbocycles. The Morgan fingerprint density at radius 2 is 1.68 bits per heavy atom. The van der Waals surface area contributed by atoms with E-state index in [9.17, 15) is 4.79 Å². The van der Waals surface area contributed by atoms with Gasteiger partial charge in [-0.05, 0) is 36.3 Å². The van der Waals surface area contributed by atoms with E-state index in [-0.39, 0.29) is 29.8 Å². The van der Waals surface area contributed by atoms with E-state index in [0.717, 1.165) is 31.2 Å². The van der Waals surface area contributed by atoms with E-state index in [1.807, 2.05) is 6.92 Å². The van der Waals surface area contributed by atoms with Crippen molar-refractivity contribution < 1.29 is 4.79 Å². The lowest BCUT2D eigenvalue weighted by atomic mass is 9.86. The van der Waals surface area contributed by atoms with Crippen LogP contribution in [0.3, 0.4) is 0 Å². The van der Waals surface area contributed by atoms with Gasteiger partial charge >= 0.3 is 0 Å². The van der Waals surface area contributed by atoms with Gasteiger partial charge in [-0.3, -0.25) is 4.79 Å². The van der Waals surface area contributed by atoms with E-state index < -0.39 is 5.54 Å². The Kier molecular flexibility index (Phi) is 6.05. The molecule has 4 heteroatoms. The third-order valence-corrected chi connectivity index (χ3v) is 4.57. The molecule has 22 heavy (non-hydrogen) atoms. The first kappa shape index (κ1) is 19.0. The molecule has 0 aliphatic heterocycles. The molecule has 1 atom stereocenters. The van der Waals surface area contributed by atoms with E-state index in [1.165, 1.54) is 5.56 Å². The minimum atomic E-state index is -0.653. The van der Waals surface area contributed by atoms with Gasteiger partial charge in [0.1, 0.15) is 0 Å². The number of carbonyl (C=O) groups is 1. The highest BCUT2D eigenvalue weighted by atomic mass is 35.5. The highest BCUT2D eigenvalue weighted by Crippen LogP contribution is 2.28. The molecule has 0 spiro atoms. The minimum absolute atomic E-state index is 0. The predicted molar refractivity (Wildman–Crippen MR) is 94.3 cm³/mol. The zero-order chi connectivity index (χ0) is 15.7. The summed E-state index contributed by atoms with van der Waals surface area (Å²) in [6.45, 7) is 8.62. The van der Waals surface area contributed by atoms with Crippen molar-refractivity contribution in [1.29, 1.82) is 0 Å². The first-order valence-corrected chi connectivity index (χ1v) is 7.93. The fourth-order valence-electron chi connectivity index (χ4n) is 2.93. The van der Waals surface area contributed by atoms with Crippen LogP contribution in [0.25, 0.3) is 0 Å². The molecule has 1 amide bonds. The molecule has 3 nitrogen and oxygen atoms in total. The molecule has 1 fully saturated rings. The zero-order valence-electron chi connectivity index (χ0n) is 14.1. The summed E-state index contributed by atoms with van der Waals surface area (Å²) in [7, 11) is 0. The van der Waals surface area contributed by atoms with Crippen LogP contribution in [-0.4, -0.2) is 11.4 Å². The summed E-state index contributed by atoms with van der Waals surface area (Å²) in [4.78, 5) is 12.3. The van der Waals surface area contributed by atoms with Crippen LogP contribution in [-0.2, 0) is 10.2 Å². The zero-order valence-corrected chi connectivity index (χ0v) is 14.9. The monoisotopic (exact) mass is 324 g/mol. The molecule has 1 unspecified atom stereocenters. The lowest BCUT2D eigenvalue weighted by Gasteiger charge is -2.26. The van der Waals surface area contributed by atoms with Gasteiger partial charge in [0.25, 0.3) is 0 Å². The lowest BCUT2D eigenvalue weighted by molar-refractivity contribution is -0.126. The molecule has 0 saturated heterocycles. The Labute approximate surface area is 140 Å². The van der Waals surface area contributed by atoms with Crippen LogP contribution in [0, 0.1) is 0 Å². The Morgan fingerprint density at radius 3 is 2.14 bits per heavy atom. The number of carbonyl (C=O) groups excluding carboxylic acids is 1. The second kappa shape index (κ2) is 7.01. The molecule has 1 aliphatic carbocycles. The van der Waals surface area contributed by atoms with Crippen molar-refractivity contribution in [1.82, 2.24) is 5.32 Å². The molecule has 3 N–H and O–H groups in total. The molecular weight excluding hydrogens is 296 g/mol. The molecule has 0 heterocycles. The molecule has 0 bridgehead atoms. The normalized spacial score (nSPS) is 18.4. The average molecular weight is 325 g/mol. The van der Waals surface area contributed by atoms with Crippen molar-refractivity contribution >= 4 is 18.3 Å². The summed E-state index contributed by atoms with van der Waals surface area (Å²) < 4.78 is 0. The van der Waals surface area contributed by atoms with Gasteiger partial charge < -0.3 is 11.1 Å². The maximum absolute atomic E-state index is 12.3. The summed E-state index contributed by atoms with van der Waals surface area (Å²) in [6, 6.07) is 8.48. The van der Waals surface area contributed by atoms with Crippen molar-refractivity contribution in [3.8, 4) is 0 Å². The number of benzene rings is 1. The number of hydrogen-bond acceptors (Lipinski definition) is 2. The lowest BCUT2D eigenvalue weighted by Crippen LogP contribution is -2.52. The molecule has 2 rings (SSSR count). The maximum Gasteiger partial charge on any atom is 0.240 e. The second-order valence-electron chi connectivity index (χ2n) is 7.43. The molecule has 0 radical (unpaired) electrons. The van der Waals surface area contributed by atoms with Gasteiger partial charge in [0.05, 0.1) is 11.6 Å². The van der Waals surface area contributed by atoms with Crippen molar-refractivity contribution in [3.63, 3.8) is 0 Å². The number of hydrogen-bond donors (Lipinski definition) is 2. The third-order valence-electron chi connectivity index (χ3n) is 4.57. The fraction of sp³-hybridized carbons (Fsp3) is 0.611. The van der Waals surface area contributed by atoms with Crippen molar-refractivity contribution in [3.05, 3.63) is 35.4 Å². The van der Waals surface area contributed by atoms with Crippen LogP contribution in [0.15, 0.2) is 24.3 Å². The van der Waals surface area contributed by atoms with Crippen molar-refractivity contribution in [2.24, 2.45) is 5.73 Å². The standard InChI is InChI=1S/C18H28N2O.ClH/c1-13(20-16(21)18(19)11-5-6-12-18)14-7-9-15(10-8-14)17(2,3)4;/h7-10,13H,5-6,11-12,19H2,1-4H3,(H,20,21);1H. The summed E-state index contributed by atoms with van der Waals surface area (Å²) in [5.41, 5.74) is 8.12. The van der Waals surface area contributed by atoms with Gasteiger partial charge in [0.2, 0.25) is 5.91 Å². The predicted octanol–water partition coefficient (Wildman–Crippen LogP) is 3.85. The van der Waals surface area contributed by atoms with Gasteiger partial charge in [-0.25, -0.2) is 0 Å². The van der Waals surface area contributed by atoms with E-state index in [2.05, 4.69) is 50.4 Å². The van der Waals surface area contributed by atoms with Crippen LogP contribution in [0.4, 0.5) is 0 Å². The van der Waals surface area contributed by atoms with Gasteiger partial charge in [0.15, 0.2) is 0 Å². The second-order valence-corrected chi connectivity index (χ2v) is 7.43. The molecular formula is C18H29ClN2O. The summed E-state index contributed by atoms with van der Waals surface area (Å²) in [5, 5.41) is 3.07. The van der Waals surface area contributed by atoms with Crippen LogP contribution in [0.5, 0.6) is 0 Å². The summed E-state index contributed by atoms with van der Waals surface area (Å²) in [6.07, 6.45) is 3.71. The third kappa shape index (κ3) is 4.23. The summed E-state index contributed by atoms with van der Waals surface area (Å²) >= 11 is 0. The first-order valence-electron chi connectivity index (χ1n) is 7.93. The van der Waals surface area contributed by atoms with Crippen LogP contribution >= 0.6 is 12.4 Å². The van der Waals surface area contributed by atoms with E-state index in [0.29, 0.717) is 0 Å². The highest BCUT2D eigenvalue weighted by molar-refractivity contribution is 5.86. The minimum Gasteiger partial charge on any atom is -0.348 e. The molecule has 1 aromatic carbocycles. The maximum atomic E-state index is 12.3. The number of nitrogens with one attached hydrogen (secondary N) is 1. The van der Waals surface area contributed by atoms with Gasteiger partial charge in [-0.15, -0.1) is 12.4 Å². The Balaban J connectivity index is 0.00000242. The van der Waals surface area contributed by atoms with Crippen molar-refractivity contribution in [2.45, 2.75) is 70.4 Å².